The summed E-state index contributed by atoms with van der Waals surface area (Å²) >= 11 is 0. The molecular formula is C20H30N4O. The van der Waals surface area contributed by atoms with Crippen molar-refractivity contribution in [3.8, 4) is 0 Å². The van der Waals surface area contributed by atoms with Gasteiger partial charge in [0.15, 0.2) is 0 Å². The van der Waals surface area contributed by atoms with Crippen LogP contribution in [0.3, 0.4) is 0 Å². The summed E-state index contributed by atoms with van der Waals surface area (Å²) in [5.74, 6) is 0.657. The molecule has 1 fully saturated rings. The molecule has 1 N–H and O–H groups in total. The molecule has 4 rings (SSSR count). The Morgan fingerprint density at radius 1 is 1.16 bits per heavy atom. The van der Waals surface area contributed by atoms with Crippen molar-refractivity contribution >= 4 is 11.0 Å². The van der Waals surface area contributed by atoms with Crippen LogP contribution in [0.1, 0.15) is 68.8 Å². The van der Waals surface area contributed by atoms with E-state index in [0.29, 0.717) is 12.0 Å². The molecule has 5 heteroatoms. The number of aromatic nitrogens is 3. The number of nitrogens with one attached hydrogen (secondary N) is 1. The summed E-state index contributed by atoms with van der Waals surface area (Å²) in [7, 11) is 1.96. The number of aryl methyl sites for hydroxylation is 2. The van der Waals surface area contributed by atoms with E-state index in [1.807, 2.05) is 11.7 Å². The molecule has 25 heavy (non-hydrogen) atoms. The number of fused-ring (bicyclic) bond motifs is 3. The molecule has 3 heterocycles. The molecule has 0 aromatic carbocycles. The number of piperidine rings is 1. The molecule has 0 unspecified atom stereocenters. The normalized spacial score (nSPS) is 21.8. The van der Waals surface area contributed by atoms with Gasteiger partial charge in [-0.15, -0.1) is 0 Å². The first-order valence-electron chi connectivity index (χ1n) is 9.91. The summed E-state index contributed by atoms with van der Waals surface area (Å²) in [5.41, 5.74) is 4.50. The SMILES string of the molecule is CC(C)CN1CCCC[C@H]1c1nn(C)c2[nH]c(=O)c3c(c12)CCCC3. The van der Waals surface area contributed by atoms with Crippen molar-refractivity contribution in [2.75, 3.05) is 13.1 Å². The third-order valence-corrected chi connectivity index (χ3v) is 5.88. The predicted molar refractivity (Wildman–Crippen MR) is 101 cm³/mol. The maximum atomic E-state index is 12.5. The van der Waals surface area contributed by atoms with E-state index in [4.69, 9.17) is 5.10 Å². The fraction of sp³-hybridized carbons (Fsp3) is 0.700. The van der Waals surface area contributed by atoms with E-state index in [1.165, 1.54) is 42.3 Å². The second-order valence-electron chi connectivity index (χ2n) is 8.25. The van der Waals surface area contributed by atoms with Gasteiger partial charge in [-0.1, -0.05) is 20.3 Å². The van der Waals surface area contributed by atoms with E-state index >= 15 is 0 Å². The molecule has 0 saturated carbocycles. The molecule has 1 aliphatic heterocycles. The zero-order valence-corrected chi connectivity index (χ0v) is 15.8. The molecule has 2 aromatic heterocycles. The van der Waals surface area contributed by atoms with Crippen LogP contribution in [-0.4, -0.2) is 32.8 Å². The molecule has 0 bridgehead atoms. The van der Waals surface area contributed by atoms with E-state index in [1.54, 1.807) is 0 Å². The fourth-order valence-corrected chi connectivity index (χ4v) is 4.82. The minimum absolute atomic E-state index is 0.0967. The smallest absolute Gasteiger partial charge is 0.253 e. The van der Waals surface area contributed by atoms with Crippen LogP contribution in [0.5, 0.6) is 0 Å². The van der Waals surface area contributed by atoms with Gasteiger partial charge in [0.2, 0.25) is 0 Å². The summed E-state index contributed by atoms with van der Waals surface area (Å²) in [4.78, 5) is 18.3. The van der Waals surface area contributed by atoms with E-state index in [9.17, 15) is 4.79 Å². The van der Waals surface area contributed by atoms with Gasteiger partial charge < -0.3 is 4.98 Å². The van der Waals surface area contributed by atoms with Gasteiger partial charge in [0.25, 0.3) is 5.56 Å². The van der Waals surface area contributed by atoms with Crippen molar-refractivity contribution in [2.24, 2.45) is 13.0 Å². The van der Waals surface area contributed by atoms with E-state index < -0.39 is 0 Å². The number of pyridine rings is 1. The Bertz CT molecular complexity index is 832. The maximum absolute atomic E-state index is 12.5. The number of hydrogen-bond acceptors (Lipinski definition) is 3. The highest BCUT2D eigenvalue weighted by Crippen LogP contribution is 2.37. The second kappa shape index (κ2) is 6.60. The maximum Gasteiger partial charge on any atom is 0.253 e. The van der Waals surface area contributed by atoms with Crippen LogP contribution in [0.15, 0.2) is 4.79 Å². The Labute approximate surface area is 149 Å². The number of hydrogen-bond donors (Lipinski definition) is 1. The van der Waals surface area contributed by atoms with Crippen LogP contribution in [-0.2, 0) is 19.9 Å². The Morgan fingerprint density at radius 3 is 2.68 bits per heavy atom. The number of likely N-dealkylation sites (tertiary alicyclic amines) is 1. The van der Waals surface area contributed by atoms with Crippen molar-refractivity contribution < 1.29 is 0 Å². The summed E-state index contributed by atoms with van der Waals surface area (Å²) < 4.78 is 1.89. The zero-order valence-electron chi connectivity index (χ0n) is 15.8. The third-order valence-electron chi connectivity index (χ3n) is 5.88. The minimum Gasteiger partial charge on any atom is -0.307 e. The lowest BCUT2D eigenvalue weighted by atomic mass is 9.88. The molecule has 1 atom stereocenters. The number of H-pyrrole nitrogens is 1. The summed E-state index contributed by atoms with van der Waals surface area (Å²) in [6.07, 6.45) is 7.96. The molecular weight excluding hydrogens is 312 g/mol. The van der Waals surface area contributed by atoms with Gasteiger partial charge in [0.1, 0.15) is 5.65 Å². The quantitative estimate of drug-likeness (QED) is 0.931. The van der Waals surface area contributed by atoms with Crippen molar-refractivity contribution in [1.82, 2.24) is 19.7 Å². The summed E-state index contributed by atoms with van der Waals surface area (Å²) in [6, 6.07) is 0.386. The molecule has 2 aromatic rings. The zero-order chi connectivity index (χ0) is 17.6. The van der Waals surface area contributed by atoms with E-state index in [-0.39, 0.29) is 5.56 Å². The monoisotopic (exact) mass is 342 g/mol. The first-order chi connectivity index (χ1) is 12.1. The summed E-state index contributed by atoms with van der Waals surface area (Å²) in [6.45, 7) is 6.86. The van der Waals surface area contributed by atoms with Gasteiger partial charge in [-0.2, -0.15) is 5.10 Å². The van der Waals surface area contributed by atoms with Gasteiger partial charge in [-0.05, 0) is 56.6 Å². The Kier molecular flexibility index (Phi) is 4.44. The second-order valence-corrected chi connectivity index (χ2v) is 8.25. The standard InChI is InChI=1S/C20H30N4O/c1-13(2)12-24-11-7-6-10-16(24)18-17-14-8-4-5-9-15(14)20(25)21-19(17)23(3)22-18/h13,16H,4-12H2,1-3H3,(H,21,25)/t16-/m0/s1. The average Bonchev–Trinajstić information content (AvgIpc) is 2.92. The van der Waals surface area contributed by atoms with E-state index in [0.717, 1.165) is 43.6 Å². The molecule has 0 amide bonds. The highest BCUT2D eigenvalue weighted by Gasteiger charge is 2.31. The fourth-order valence-electron chi connectivity index (χ4n) is 4.82. The van der Waals surface area contributed by atoms with Crippen molar-refractivity contribution in [1.29, 1.82) is 0 Å². The predicted octanol–water partition coefficient (Wildman–Crippen LogP) is 3.32. The highest BCUT2D eigenvalue weighted by atomic mass is 16.1. The Morgan fingerprint density at radius 2 is 1.92 bits per heavy atom. The van der Waals surface area contributed by atoms with Crippen LogP contribution in [0, 0.1) is 5.92 Å². The van der Waals surface area contributed by atoms with Crippen LogP contribution in [0.2, 0.25) is 0 Å². The molecule has 1 aliphatic carbocycles. The highest BCUT2D eigenvalue weighted by molar-refractivity contribution is 5.84. The minimum atomic E-state index is 0.0967. The largest absolute Gasteiger partial charge is 0.307 e. The molecule has 5 nitrogen and oxygen atoms in total. The van der Waals surface area contributed by atoms with Crippen LogP contribution in [0.4, 0.5) is 0 Å². The molecule has 1 saturated heterocycles. The molecule has 2 aliphatic rings. The Hall–Kier alpha value is -1.62. The third kappa shape index (κ3) is 2.92. The lowest BCUT2D eigenvalue weighted by Crippen LogP contribution is -2.36. The van der Waals surface area contributed by atoms with Gasteiger partial charge in [0.05, 0.1) is 11.7 Å². The van der Waals surface area contributed by atoms with Gasteiger partial charge in [-0.3, -0.25) is 14.4 Å². The first kappa shape index (κ1) is 16.8. The molecule has 136 valence electrons. The van der Waals surface area contributed by atoms with Crippen molar-refractivity contribution in [2.45, 2.75) is 64.8 Å². The number of aromatic amines is 1. The molecule has 0 radical (unpaired) electrons. The van der Waals surface area contributed by atoms with Crippen molar-refractivity contribution in [3.63, 3.8) is 0 Å². The molecule has 0 spiro atoms. The van der Waals surface area contributed by atoms with Crippen LogP contribution < -0.4 is 5.56 Å². The number of nitrogens with zero attached hydrogens (tertiary/aromatic N) is 3. The van der Waals surface area contributed by atoms with E-state index in [2.05, 4.69) is 23.7 Å². The van der Waals surface area contributed by atoms with Crippen molar-refractivity contribution in [3.05, 3.63) is 27.2 Å². The lowest BCUT2D eigenvalue weighted by molar-refractivity contribution is 0.130. The van der Waals surface area contributed by atoms with Crippen LogP contribution >= 0.6 is 0 Å². The average molecular weight is 342 g/mol. The van der Waals surface area contributed by atoms with Gasteiger partial charge in [-0.25, -0.2) is 0 Å². The summed E-state index contributed by atoms with van der Waals surface area (Å²) in [5, 5.41) is 6.17. The number of rotatable bonds is 3. The van der Waals surface area contributed by atoms with Gasteiger partial charge >= 0.3 is 0 Å². The first-order valence-corrected chi connectivity index (χ1v) is 9.91. The lowest BCUT2D eigenvalue weighted by Gasteiger charge is -2.36. The van der Waals surface area contributed by atoms with Gasteiger partial charge in [0, 0.05) is 24.5 Å². The Balaban J connectivity index is 1.88. The topological polar surface area (TPSA) is 53.9 Å². The van der Waals surface area contributed by atoms with Crippen LogP contribution in [0.25, 0.3) is 11.0 Å².